The van der Waals surface area contributed by atoms with Crippen molar-refractivity contribution in [3.05, 3.63) is 23.3 Å². The normalized spacial score (nSPS) is 40.0. The first kappa shape index (κ1) is 6.05. The van der Waals surface area contributed by atoms with Gasteiger partial charge in [0.1, 0.15) is 0 Å². The zero-order chi connectivity index (χ0) is 7.26. The molecule has 3 aliphatic rings. The Kier molecular flexibility index (Phi) is 1.10. The van der Waals surface area contributed by atoms with Crippen LogP contribution in [-0.2, 0) is 0 Å². The fraction of sp³-hybridized carbons (Fsp3) is 0.636. The molecule has 0 aromatic rings. The second kappa shape index (κ2) is 2.00. The number of hydrogen-bond acceptors (Lipinski definition) is 0. The van der Waals surface area contributed by atoms with E-state index in [1.165, 1.54) is 32.1 Å². The standard InChI is InChI=1S/C11H14/c1-2-4-11-9-6-5-8(7-9)10(11)3-1/h1-2,8-9H,3-7H2. The number of allylic oxidation sites excluding steroid dienone is 4. The molecule has 2 atom stereocenters. The zero-order valence-electron chi connectivity index (χ0n) is 6.84. The first-order chi connectivity index (χ1) is 5.45. The van der Waals surface area contributed by atoms with Gasteiger partial charge in [-0.2, -0.15) is 0 Å². The van der Waals surface area contributed by atoms with Crippen molar-refractivity contribution in [2.75, 3.05) is 0 Å². The molecule has 11 heavy (non-hydrogen) atoms. The number of fused-ring (bicyclic) bond motifs is 4. The van der Waals surface area contributed by atoms with Gasteiger partial charge in [0.15, 0.2) is 0 Å². The summed E-state index contributed by atoms with van der Waals surface area (Å²) < 4.78 is 0. The van der Waals surface area contributed by atoms with Crippen LogP contribution in [0.1, 0.15) is 32.1 Å². The van der Waals surface area contributed by atoms with Crippen molar-refractivity contribution in [1.82, 2.24) is 0 Å². The fourth-order valence-corrected chi connectivity index (χ4v) is 3.15. The van der Waals surface area contributed by atoms with Gasteiger partial charge in [-0.25, -0.2) is 0 Å². The third-order valence-electron chi connectivity index (χ3n) is 3.67. The summed E-state index contributed by atoms with van der Waals surface area (Å²) in [4.78, 5) is 0. The van der Waals surface area contributed by atoms with Gasteiger partial charge in [0.2, 0.25) is 0 Å². The predicted molar refractivity (Wildman–Crippen MR) is 46.2 cm³/mol. The molecule has 0 radical (unpaired) electrons. The van der Waals surface area contributed by atoms with Gasteiger partial charge in [-0.1, -0.05) is 23.3 Å². The SMILES string of the molecule is C1=CCC2=C(C1)C1CCC2C1. The topological polar surface area (TPSA) is 0 Å². The molecule has 2 unspecified atom stereocenters. The lowest BCUT2D eigenvalue weighted by molar-refractivity contribution is 0.623. The third kappa shape index (κ3) is 0.702. The Morgan fingerprint density at radius 2 is 1.45 bits per heavy atom. The number of hydrogen-bond donors (Lipinski definition) is 0. The van der Waals surface area contributed by atoms with E-state index in [9.17, 15) is 0 Å². The van der Waals surface area contributed by atoms with Gasteiger partial charge in [0, 0.05) is 0 Å². The van der Waals surface area contributed by atoms with E-state index in [1.807, 2.05) is 11.1 Å². The highest BCUT2D eigenvalue weighted by molar-refractivity contribution is 5.35. The molecule has 1 saturated carbocycles. The minimum atomic E-state index is 1.01. The molecule has 1 fully saturated rings. The van der Waals surface area contributed by atoms with Crippen molar-refractivity contribution in [2.24, 2.45) is 11.8 Å². The minimum absolute atomic E-state index is 1.01. The number of rotatable bonds is 0. The lowest BCUT2D eigenvalue weighted by Crippen LogP contribution is -2.04. The summed E-state index contributed by atoms with van der Waals surface area (Å²) >= 11 is 0. The van der Waals surface area contributed by atoms with E-state index in [0.29, 0.717) is 0 Å². The van der Waals surface area contributed by atoms with Gasteiger partial charge in [-0.05, 0) is 43.9 Å². The van der Waals surface area contributed by atoms with Gasteiger partial charge in [0.05, 0.1) is 0 Å². The maximum Gasteiger partial charge on any atom is -0.0133 e. The Balaban J connectivity index is 2.02. The minimum Gasteiger partial charge on any atom is -0.0841 e. The Morgan fingerprint density at radius 1 is 0.909 bits per heavy atom. The van der Waals surface area contributed by atoms with Crippen LogP contribution in [0.2, 0.25) is 0 Å². The molecule has 0 aliphatic heterocycles. The summed E-state index contributed by atoms with van der Waals surface area (Å²) in [5.74, 6) is 2.03. The summed E-state index contributed by atoms with van der Waals surface area (Å²) in [5, 5.41) is 0. The molecule has 3 rings (SSSR count). The van der Waals surface area contributed by atoms with Crippen molar-refractivity contribution in [2.45, 2.75) is 32.1 Å². The average Bonchev–Trinajstić information content (AvgIpc) is 2.64. The van der Waals surface area contributed by atoms with Crippen molar-refractivity contribution in [1.29, 1.82) is 0 Å². The van der Waals surface area contributed by atoms with Crippen LogP contribution in [0.25, 0.3) is 0 Å². The Hall–Kier alpha value is -0.520. The lowest BCUT2D eigenvalue weighted by Gasteiger charge is -2.20. The summed E-state index contributed by atoms with van der Waals surface area (Å²) in [6.07, 6.45) is 11.8. The van der Waals surface area contributed by atoms with Crippen molar-refractivity contribution >= 4 is 0 Å². The summed E-state index contributed by atoms with van der Waals surface area (Å²) in [5.41, 5.74) is 3.67. The first-order valence-electron chi connectivity index (χ1n) is 4.82. The molecule has 0 spiro atoms. The Labute approximate surface area is 68.0 Å². The maximum atomic E-state index is 2.36. The quantitative estimate of drug-likeness (QED) is 0.461. The molecule has 58 valence electrons. The molecule has 0 nitrogen and oxygen atoms in total. The highest BCUT2D eigenvalue weighted by atomic mass is 14.4. The van der Waals surface area contributed by atoms with Gasteiger partial charge in [0.25, 0.3) is 0 Å². The highest BCUT2D eigenvalue weighted by Gasteiger charge is 2.38. The zero-order valence-corrected chi connectivity index (χ0v) is 6.84. The van der Waals surface area contributed by atoms with E-state index >= 15 is 0 Å². The van der Waals surface area contributed by atoms with Gasteiger partial charge >= 0.3 is 0 Å². The van der Waals surface area contributed by atoms with E-state index in [-0.39, 0.29) is 0 Å². The fourth-order valence-electron chi connectivity index (χ4n) is 3.15. The molecule has 2 bridgehead atoms. The van der Waals surface area contributed by atoms with Crippen molar-refractivity contribution < 1.29 is 0 Å². The lowest BCUT2D eigenvalue weighted by atomic mass is 9.85. The van der Waals surface area contributed by atoms with Gasteiger partial charge in [-0.3, -0.25) is 0 Å². The molecule has 3 aliphatic carbocycles. The Morgan fingerprint density at radius 3 is 2.00 bits per heavy atom. The van der Waals surface area contributed by atoms with Crippen molar-refractivity contribution in [3.63, 3.8) is 0 Å². The third-order valence-corrected chi connectivity index (χ3v) is 3.67. The second-order valence-electron chi connectivity index (χ2n) is 4.14. The molecule has 0 N–H and O–H groups in total. The molecule has 0 aromatic heterocycles. The smallest absolute Gasteiger partial charge is 0.0133 e. The monoisotopic (exact) mass is 146 g/mol. The van der Waals surface area contributed by atoms with Crippen LogP contribution in [0.15, 0.2) is 23.3 Å². The largest absolute Gasteiger partial charge is 0.0841 e. The van der Waals surface area contributed by atoms with Crippen LogP contribution in [0.4, 0.5) is 0 Å². The molecule has 0 aromatic carbocycles. The average molecular weight is 146 g/mol. The van der Waals surface area contributed by atoms with Crippen LogP contribution in [0.3, 0.4) is 0 Å². The van der Waals surface area contributed by atoms with E-state index < -0.39 is 0 Å². The highest BCUT2D eigenvalue weighted by Crippen LogP contribution is 2.51. The van der Waals surface area contributed by atoms with Crippen LogP contribution in [0, 0.1) is 11.8 Å². The summed E-state index contributed by atoms with van der Waals surface area (Å²) in [7, 11) is 0. The van der Waals surface area contributed by atoms with E-state index in [1.54, 1.807) is 0 Å². The molecular weight excluding hydrogens is 132 g/mol. The Bertz CT molecular complexity index is 221. The maximum absolute atomic E-state index is 2.36. The van der Waals surface area contributed by atoms with Gasteiger partial charge < -0.3 is 0 Å². The predicted octanol–water partition coefficient (Wildman–Crippen LogP) is 3.06. The second-order valence-corrected chi connectivity index (χ2v) is 4.14. The van der Waals surface area contributed by atoms with E-state index in [4.69, 9.17) is 0 Å². The van der Waals surface area contributed by atoms with Crippen LogP contribution >= 0.6 is 0 Å². The van der Waals surface area contributed by atoms with E-state index in [2.05, 4.69) is 12.2 Å². The van der Waals surface area contributed by atoms with Crippen molar-refractivity contribution in [3.8, 4) is 0 Å². The van der Waals surface area contributed by atoms with Crippen LogP contribution in [-0.4, -0.2) is 0 Å². The van der Waals surface area contributed by atoms with Gasteiger partial charge in [-0.15, -0.1) is 0 Å². The van der Waals surface area contributed by atoms with Crippen LogP contribution in [0.5, 0.6) is 0 Å². The van der Waals surface area contributed by atoms with Crippen LogP contribution < -0.4 is 0 Å². The van der Waals surface area contributed by atoms with E-state index in [0.717, 1.165) is 11.8 Å². The molecule has 0 heterocycles. The molecular formula is C11H14. The molecule has 0 heteroatoms. The summed E-state index contributed by atoms with van der Waals surface area (Å²) in [6, 6.07) is 0. The molecule has 0 amide bonds. The summed E-state index contributed by atoms with van der Waals surface area (Å²) in [6.45, 7) is 0. The molecule has 0 saturated heterocycles. The first-order valence-corrected chi connectivity index (χ1v) is 4.82.